The van der Waals surface area contributed by atoms with Crippen LogP contribution in [0.3, 0.4) is 0 Å². The van der Waals surface area contributed by atoms with Crippen LogP contribution in [0.5, 0.6) is 5.75 Å². The molecule has 1 aliphatic rings. The first kappa shape index (κ1) is 19.7. The first-order chi connectivity index (χ1) is 12.0. The quantitative estimate of drug-likeness (QED) is 0.368. The molecule has 5 nitrogen and oxygen atoms in total. The maximum atomic E-state index is 5.93. The third-order valence-electron chi connectivity index (χ3n) is 4.98. The first-order valence-electron chi connectivity index (χ1n) is 9.11. The predicted octanol–water partition coefficient (Wildman–Crippen LogP) is 3.60. The molecule has 140 valence electrons. The fourth-order valence-corrected chi connectivity index (χ4v) is 2.76. The summed E-state index contributed by atoms with van der Waals surface area (Å²) >= 11 is 0. The van der Waals surface area contributed by atoms with Crippen molar-refractivity contribution < 1.29 is 14.2 Å². The van der Waals surface area contributed by atoms with Crippen molar-refractivity contribution in [2.45, 2.75) is 33.6 Å². The second kappa shape index (κ2) is 9.20. The summed E-state index contributed by atoms with van der Waals surface area (Å²) in [6.45, 7) is 10.4. The molecule has 0 bridgehead atoms. The zero-order chi connectivity index (χ0) is 18.3. The van der Waals surface area contributed by atoms with Crippen molar-refractivity contribution in [3.8, 4) is 5.75 Å². The smallest absolute Gasteiger partial charge is 0.124 e. The Morgan fingerprint density at radius 1 is 1.32 bits per heavy atom. The van der Waals surface area contributed by atoms with Crippen LogP contribution in [-0.2, 0) is 15.9 Å². The van der Waals surface area contributed by atoms with E-state index in [-0.39, 0.29) is 5.41 Å². The van der Waals surface area contributed by atoms with Crippen LogP contribution in [0.15, 0.2) is 17.1 Å². The molecule has 1 saturated heterocycles. The van der Waals surface area contributed by atoms with Crippen molar-refractivity contribution >= 4 is 12.0 Å². The van der Waals surface area contributed by atoms with Crippen LogP contribution in [0.4, 0.5) is 5.69 Å². The Morgan fingerprint density at radius 3 is 2.64 bits per heavy atom. The monoisotopic (exact) mass is 348 g/mol. The molecule has 0 radical (unpaired) electrons. The van der Waals surface area contributed by atoms with Crippen molar-refractivity contribution in [3.63, 3.8) is 0 Å². The molecule has 1 aliphatic heterocycles. The van der Waals surface area contributed by atoms with E-state index < -0.39 is 0 Å². The number of hydrogen-bond donors (Lipinski definition) is 0. The van der Waals surface area contributed by atoms with Crippen molar-refractivity contribution in [1.29, 1.82) is 0 Å². The number of aliphatic imine (C=N–C) groups is 1. The van der Waals surface area contributed by atoms with E-state index in [1.54, 1.807) is 7.11 Å². The van der Waals surface area contributed by atoms with E-state index >= 15 is 0 Å². The Morgan fingerprint density at radius 2 is 2.08 bits per heavy atom. The number of ether oxygens (including phenoxy) is 3. The van der Waals surface area contributed by atoms with Crippen molar-refractivity contribution in [2.75, 3.05) is 47.1 Å². The zero-order valence-electron chi connectivity index (χ0n) is 16.3. The predicted molar refractivity (Wildman–Crippen MR) is 102 cm³/mol. The Hall–Kier alpha value is -1.59. The number of aryl methyl sites for hydroxylation is 1. The number of benzene rings is 1. The van der Waals surface area contributed by atoms with E-state index in [4.69, 9.17) is 14.2 Å². The van der Waals surface area contributed by atoms with Gasteiger partial charge in [-0.25, -0.2) is 4.99 Å². The summed E-state index contributed by atoms with van der Waals surface area (Å²) in [6.07, 6.45) is 3.80. The second-order valence-corrected chi connectivity index (χ2v) is 6.92. The van der Waals surface area contributed by atoms with Gasteiger partial charge in [0.15, 0.2) is 0 Å². The van der Waals surface area contributed by atoms with Crippen molar-refractivity contribution in [1.82, 2.24) is 4.90 Å². The molecule has 0 unspecified atom stereocenters. The molecule has 0 amide bonds. The van der Waals surface area contributed by atoms with Gasteiger partial charge in [-0.1, -0.05) is 13.0 Å². The lowest BCUT2D eigenvalue weighted by Gasteiger charge is -2.40. The average Bonchev–Trinajstić information content (AvgIpc) is 2.59. The summed E-state index contributed by atoms with van der Waals surface area (Å²) in [5, 5.41) is 0. The summed E-state index contributed by atoms with van der Waals surface area (Å²) in [6, 6.07) is 4.17. The minimum absolute atomic E-state index is 0.240. The van der Waals surface area contributed by atoms with E-state index in [0.717, 1.165) is 56.2 Å². The van der Waals surface area contributed by atoms with Gasteiger partial charge in [0.05, 0.1) is 45.6 Å². The van der Waals surface area contributed by atoms with Gasteiger partial charge in [0.2, 0.25) is 0 Å². The van der Waals surface area contributed by atoms with Gasteiger partial charge >= 0.3 is 0 Å². The highest BCUT2D eigenvalue weighted by Crippen LogP contribution is 2.32. The molecule has 1 aromatic carbocycles. The van der Waals surface area contributed by atoms with Gasteiger partial charge in [-0.3, -0.25) is 0 Å². The Balaban J connectivity index is 1.96. The van der Waals surface area contributed by atoms with Gasteiger partial charge in [0, 0.05) is 25.1 Å². The molecule has 5 heteroatoms. The fourth-order valence-electron chi connectivity index (χ4n) is 2.76. The van der Waals surface area contributed by atoms with Crippen LogP contribution < -0.4 is 4.74 Å². The summed E-state index contributed by atoms with van der Waals surface area (Å²) in [4.78, 5) is 6.60. The molecule has 25 heavy (non-hydrogen) atoms. The SMILES string of the molecule is CCN(C)C=Nc1cc(OC)c(CCOCC2(CC)COC2)cc1C. The van der Waals surface area contributed by atoms with Gasteiger partial charge in [-0.15, -0.1) is 0 Å². The fraction of sp³-hybridized carbons (Fsp3) is 0.650. The summed E-state index contributed by atoms with van der Waals surface area (Å²) in [5.41, 5.74) is 3.50. The van der Waals surface area contributed by atoms with E-state index in [2.05, 4.69) is 31.8 Å². The Labute approximate surface area is 152 Å². The van der Waals surface area contributed by atoms with Gasteiger partial charge in [-0.2, -0.15) is 0 Å². The summed E-state index contributed by atoms with van der Waals surface area (Å²) in [5.74, 6) is 0.873. The van der Waals surface area contributed by atoms with Crippen molar-refractivity contribution in [3.05, 3.63) is 23.3 Å². The molecular formula is C20H32N2O3. The van der Waals surface area contributed by atoms with Crippen LogP contribution in [0.25, 0.3) is 0 Å². The average molecular weight is 348 g/mol. The third kappa shape index (κ3) is 5.19. The lowest BCUT2D eigenvalue weighted by Crippen LogP contribution is -2.45. The maximum absolute atomic E-state index is 5.93. The van der Waals surface area contributed by atoms with E-state index in [1.165, 1.54) is 5.56 Å². The molecule has 1 heterocycles. The number of nitrogens with zero attached hydrogens (tertiary/aromatic N) is 2. The molecule has 0 spiro atoms. The van der Waals surface area contributed by atoms with Crippen molar-refractivity contribution in [2.24, 2.45) is 10.4 Å². The minimum atomic E-state index is 0.240. The lowest BCUT2D eigenvalue weighted by atomic mass is 9.84. The molecule has 2 rings (SSSR count). The van der Waals surface area contributed by atoms with E-state index in [0.29, 0.717) is 6.61 Å². The molecule has 0 aromatic heterocycles. The van der Waals surface area contributed by atoms with Crippen LogP contribution in [0, 0.1) is 12.3 Å². The molecule has 0 N–H and O–H groups in total. The van der Waals surface area contributed by atoms with Gasteiger partial charge in [0.25, 0.3) is 0 Å². The molecule has 1 aromatic rings. The summed E-state index contributed by atoms with van der Waals surface area (Å²) in [7, 11) is 3.72. The van der Waals surface area contributed by atoms with Crippen LogP contribution in [-0.4, -0.2) is 58.4 Å². The first-order valence-corrected chi connectivity index (χ1v) is 9.11. The molecule has 1 fully saturated rings. The minimum Gasteiger partial charge on any atom is -0.496 e. The normalized spacial score (nSPS) is 16.0. The van der Waals surface area contributed by atoms with Gasteiger partial charge < -0.3 is 19.1 Å². The summed E-state index contributed by atoms with van der Waals surface area (Å²) < 4.78 is 16.8. The maximum Gasteiger partial charge on any atom is 0.124 e. The van der Waals surface area contributed by atoms with E-state index in [1.807, 2.05) is 24.4 Å². The van der Waals surface area contributed by atoms with E-state index in [9.17, 15) is 0 Å². The van der Waals surface area contributed by atoms with Gasteiger partial charge in [-0.05, 0) is 37.8 Å². The lowest BCUT2D eigenvalue weighted by molar-refractivity contribution is -0.149. The van der Waals surface area contributed by atoms with Crippen LogP contribution >= 0.6 is 0 Å². The molecule has 0 saturated carbocycles. The number of rotatable bonds is 10. The van der Waals surface area contributed by atoms with Crippen LogP contribution in [0.1, 0.15) is 31.4 Å². The third-order valence-corrected chi connectivity index (χ3v) is 4.98. The largest absolute Gasteiger partial charge is 0.496 e. The molecule has 0 aliphatic carbocycles. The number of methoxy groups -OCH3 is 1. The molecule has 0 atom stereocenters. The second-order valence-electron chi connectivity index (χ2n) is 6.92. The number of hydrogen-bond acceptors (Lipinski definition) is 4. The Kier molecular flexibility index (Phi) is 7.26. The van der Waals surface area contributed by atoms with Gasteiger partial charge in [0.1, 0.15) is 5.75 Å². The molecular weight excluding hydrogens is 316 g/mol. The van der Waals surface area contributed by atoms with Crippen LogP contribution in [0.2, 0.25) is 0 Å². The highest BCUT2D eigenvalue weighted by molar-refractivity contribution is 5.64. The highest BCUT2D eigenvalue weighted by Gasteiger charge is 2.36. The zero-order valence-corrected chi connectivity index (χ0v) is 16.3. The topological polar surface area (TPSA) is 43.3 Å². The standard InChI is InChI=1S/C20H32N2O3/c1-6-20(13-25-14-20)12-24-9-8-17-10-16(3)18(11-19(17)23-5)21-15-22(4)7-2/h10-11,15H,6-9,12-14H2,1-5H3. The highest BCUT2D eigenvalue weighted by atomic mass is 16.5. The Bertz CT molecular complexity index is 577.